The van der Waals surface area contributed by atoms with Crippen LogP contribution in [0, 0.1) is 19.8 Å². The van der Waals surface area contributed by atoms with E-state index in [-0.39, 0.29) is 24.4 Å². The van der Waals surface area contributed by atoms with E-state index in [4.69, 9.17) is 9.47 Å². The minimum atomic E-state index is -0.191. The number of thiophene rings is 1. The number of amides is 1. The van der Waals surface area contributed by atoms with Gasteiger partial charge >= 0.3 is 5.97 Å². The van der Waals surface area contributed by atoms with Crippen LogP contribution in [0.15, 0.2) is 35.7 Å². The van der Waals surface area contributed by atoms with Crippen LogP contribution in [0.3, 0.4) is 0 Å². The lowest BCUT2D eigenvalue weighted by molar-refractivity contribution is -0.150. The smallest absolute Gasteiger partial charge is 0.309 e. The number of para-hydroxylation sites is 1. The second-order valence-electron chi connectivity index (χ2n) is 6.78. The van der Waals surface area contributed by atoms with Gasteiger partial charge in [-0.3, -0.25) is 9.59 Å². The number of hydrogen-bond donors (Lipinski definition) is 0. The zero-order valence-corrected chi connectivity index (χ0v) is 16.6. The molecule has 2 aromatic rings. The van der Waals surface area contributed by atoms with Crippen LogP contribution in [0.1, 0.15) is 33.6 Å². The summed E-state index contributed by atoms with van der Waals surface area (Å²) in [7, 11) is 0. The summed E-state index contributed by atoms with van der Waals surface area (Å²) < 4.78 is 11.2. The first kappa shape index (κ1) is 19.4. The van der Waals surface area contributed by atoms with Crippen molar-refractivity contribution in [3.63, 3.8) is 0 Å². The Bertz CT molecular complexity index is 759. The molecular formula is C21H25NO4S. The molecule has 1 amide bonds. The van der Waals surface area contributed by atoms with Crippen molar-refractivity contribution >= 4 is 23.2 Å². The van der Waals surface area contributed by atoms with E-state index in [1.54, 1.807) is 0 Å². The van der Waals surface area contributed by atoms with Crippen LogP contribution >= 0.6 is 11.3 Å². The minimum Gasteiger partial charge on any atom is -0.489 e. The van der Waals surface area contributed by atoms with E-state index in [0.29, 0.717) is 32.5 Å². The third kappa shape index (κ3) is 4.89. The Morgan fingerprint density at radius 1 is 1.07 bits per heavy atom. The third-order valence-corrected chi connectivity index (χ3v) is 5.69. The molecule has 0 N–H and O–H groups in total. The maximum absolute atomic E-state index is 12.3. The van der Waals surface area contributed by atoms with Gasteiger partial charge in [0.2, 0.25) is 0 Å². The predicted octanol–water partition coefficient (Wildman–Crippen LogP) is 3.84. The van der Waals surface area contributed by atoms with E-state index >= 15 is 0 Å². The molecule has 0 aliphatic carbocycles. The molecular weight excluding hydrogens is 362 g/mol. The van der Waals surface area contributed by atoms with Gasteiger partial charge in [-0.05, 0) is 49.3 Å². The molecule has 0 spiro atoms. The molecule has 0 saturated carbocycles. The third-order valence-electron chi connectivity index (χ3n) is 4.83. The molecule has 0 unspecified atom stereocenters. The van der Waals surface area contributed by atoms with E-state index < -0.39 is 0 Å². The Labute approximate surface area is 163 Å². The highest BCUT2D eigenvalue weighted by molar-refractivity contribution is 7.12. The fourth-order valence-electron chi connectivity index (χ4n) is 3.31. The summed E-state index contributed by atoms with van der Waals surface area (Å²) in [5, 5.41) is 1.90. The molecule has 27 heavy (non-hydrogen) atoms. The predicted molar refractivity (Wildman–Crippen MR) is 105 cm³/mol. The van der Waals surface area contributed by atoms with Gasteiger partial charge in [0.25, 0.3) is 5.91 Å². The van der Waals surface area contributed by atoms with Crippen LogP contribution in [-0.4, -0.2) is 43.1 Å². The van der Waals surface area contributed by atoms with Crippen LogP contribution in [0.2, 0.25) is 0 Å². The zero-order valence-electron chi connectivity index (χ0n) is 15.8. The first-order chi connectivity index (χ1) is 13.1. The van der Waals surface area contributed by atoms with Crippen LogP contribution < -0.4 is 4.74 Å². The van der Waals surface area contributed by atoms with Gasteiger partial charge in [0.05, 0.1) is 10.8 Å². The summed E-state index contributed by atoms with van der Waals surface area (Å²) in [5.41, 5.74) is 2.15. The Morgan fingerprint density at radius 3 is 2.41 bits per heavy atom. The quantitative estimate of drug-likeness (QED) is 0.558. The van der Waals surface area contributed by atoms with E-state index in [1.165, 1.54) is 11.3 Å². The molecule has 1 aliphatic heterocycles. The van der Waals surface area contributed by atoms with Gasteiger partial charge in [-0.15, -0.1) is 11.3 Å². The Morgan fingerprint density at radius 2 is 1.78 bits per heavy atom. The summed E-state index contributed by atoms with van der Waals surface area (Å²) in [6.45, 7) is 5.76. The Hall–Kier alpha value is -2.34. The molecule has 0 radical (unpaired) electrons. The number of aryl methyl sites for hydroxylation is 2. The monoisotopic (exact) mass is 387 g/mol. The second-order valence-corrected chi connectivity index (χ2v) is 7.73. The zero-order chi connectivity index (χ0) is 19.2. The SMILES string of the molecule is Cc1cccc(C)c1OCCOC(=O)C1CCN(C(=O)c2cccs2)CC1. The number of benzene rings is 1. The van der Waals surface area contributed by atoms with E-state index in [1.807, 2.05) is 54.5 Å². The maximum atomic E-state index is 12.3. The number of piperidine rings is 1. The largest absolute Gasteiger partial charge is 0.489 e. The number of ether oxygens (including phenoxy) is 2. The lowest BCUT2D eigenvalue weighted by atomic mass is 9.97. The normalized spacial score (nSPS) is 14.8. The van der Waals surface area contributed by atoms with Gasteiger partial charge < -0.3 is 14.4 Å². The van der Waals surface area contributed by atoms with E-state index in [9.17, 15) is 9.59 Å². The van der Waals surface area contributed by atoms with Crippen molar-refractivity contribution in [3.05, 3.63) is 51.7 Å². The van der Waals surface area contributed by atoms with E-state index in [2.05, 4.69) is 0 Å². The lowest BCUT2D eigenvalue weighted by Crippen LogP contribution is -2.40. The molecule has 1 aliphatic rings. The summed E-state index contributed by atoms with van der Waals surface area (Å²) in [4.78, 5) is 27.2. The molecule has 5 nitrogen and oxygen atoms in total. The van der Waals surface area contributed by atoms with E-state index in [0.717, 1.165) is 21.8 Å². The second kappa shape index (κ2) is 9.04. The molecule has 3 rings (SSSR count). The molecule has 1 fully saturated rings. The van der Waals surface area contributed by atoms with Crippen molar-refractivity contribution in [2.24, 2.45) is 5.92 Å². The summed E-state index contributed by atoms with van der Waals surface area (Å²) in [5.74, 6) is 0.577. The highest BCUT2D eigenvalue weighted by Gasteiger charge is 2.29. The summed E-state index contributed by atoms with van der Waals surface area (Å²) in [6.07, 6.45) is 1.29. The molecule has 1 aromatic carbocycles. The standard InChI is InChI=1S/C21H25NO4S/c1-15-5-3-6-16(2)19(15)25-12-13-26-21(24)17-8-10-22(11-9-17)20(23)18-7-4-14-27-18/h3-7,14,17H,8-13H2,1-2H3. The van der Waals surface area contributed by atoms with Crippen LogP contribution in [-0.2, 0) is 9.53 Å². The van der Waals surface area contributed by atoms with Crippen molar-refractivity contribution in [1.29, 1.82) is 0 Å². The van der Waals surface area contributed by atoms with Gasteiger partial charge in [-0.1, -0.05) is 24.3 Å². The molecule has 6 heteroatoms. The number of carbonyl (C=O) groups is 2. The van der Waals surface area contributed by atoms with Crippen LogP contribution in [0.5, 0.6) is 5.75 Å². The fourth-order valence-corrected chi connectivity index (χ4v) is 4.00. The average Bonchev–Trinajstić information content (AvgIpc) is 3.21. The van der Waals surface area contributed by atoms with Gasteiger partial charge in [0.15, 0.2) is 0 Å². The first-order valence-electron chi connectivity index (χ1n) is 9.24. The number of likely N-dealkylation sites (tertiary alicyclic amines) is 1. The topological polar surface area (TPSA) is 55.8 Å². The number of carbonyl (C=O) groups excluding carboxylic acids is 2. The van der Waals surface area contributed by atoms with Gasteiger partial charge in [-0.25, -0.2) is 0 Å². The van der Waals surface area contributed by atoms with Crippen molar-refractivity contribution < 1.29 is 19.1 Å². The number of hydrogen-bond acceptors (Lipinski definition) is 5. The Balaban J connectivity index is 1.39. The summed E-state index contributed by atoms with van der Waals surface area (Å²) in [6, 6.07) is 9.71. The van der Waals surface area contributed by atoms with Gasteiger partial charge in [-0.2, -0.15) is 0 Å². The molecule has 0 atom stereocenters. The fraction of sp³-hybridized carbons (Fsp3) is 0.429. The maximum Gasteiger partial charge on any atom is 0.309 e. The Kier molecular flexibility index (Phi) is 6.50. The number of nitrogens with zero attached hydrogens (tertiary/aromatic N) is 1. The molecule has 0 bridgehead atoms. The lowest BCUT2D eigenvalue weighted by Gasteiger charge is -2.30. The molecule has 2 heterocycles. The highest BCUT2D eigenvalue weighted by Crippen LogP contribution is 2.23. The molecule has 1 saturated heterocycles. The van der Waals surface area contributed by atoms with Gasteiger partial charge in [0, 0.05) is 13.1 Å². The van der Waals surface area contributed by atoms with Crippen molar-refractivity contribution in [2.45, 2.75) is 26.7 Å². The van der Waals surface area contributed by atoms with Crippen molar-refractivity contribution in [1.82, 2.24) is 4.90 Å². The van der Waals surface area contributed by atoms with Crippen LogP contribution in [0.25, 0.3) is 0 Å². The van der Waals surface area contributed by atoms with Gasteiger partial charge in [0.1, 0.15) is 19.0 Å². The number of rotatable bonds is 6. The summed E-state index contributed by atoms with van der Waals surface area (Å²) >= 11 is 1.45. The number of esters is 1. The van der Waals surface area contributed by atoms with Crippen molar-refractivity contribution in [3.8, 4) is 5.75 Å². The molecule has 1 aromatic heterocycles. The highest BCUT2D eigenvalue weighted by atomic mass is 32.1. The first-order valence-corrected chi connectivity index (χ1v) is 10.1. The minimum absolute atomic E-state index is 0.0545. The van der Waals surface area contributed by atoms with Crippen molar-refractivity contribution in [2.75, 3.05) is 26.3 Å². The molecule has 144 valence electrons. The van der Waals surface area contributed by atoms with Crippen LogP contribution in [0.4, 0.5) is 0 Å². The average molecular weight is 388 g/mol.